The Balaban J connectivity index is 1.72. The Morgan fingerprint density at radius 2 is 2.16 bits per heavy atom. The highest BCUT2D eigenvalue weighted by Crippen LogP contribution is 2.37. The van der Waals surface area contributed by atoms with Crippen LogP contribution in [0.5, 0.6) is 0 Å². The molecule has 136 valence electrons. The summed E-state index contributed by atoms with van der Waals surface area (Å²) in [6.07, 6.45) is 3.65. The van der Waals surface area contributed by atoms with E-state index < -0.39 is 5.54 Å². The van der Waals surface area contributed by atoms with E-state index in [1.165, 1.54) is 11.0 Å². The normalized spacial score (nSPS) is 27.7. The van der Waals surface area contributed by atoms with E-state index in [0.717, 1.165) is 24.2 Å². The molecule has 3 amide bonds. The molecule has 2 fully saturated rings. The van der Waals surface area contributed by atoms with Gasteiger partial charge in [-0.3, -0.25) is 4.79 Å². The van der Waals surface area contributed by atoms with Crippen LogP contribution in [0.4, 0.5) is 9.18 Å². The number of benzene rings is 1. The summed E-state index contributed by atoms with van der Waals surface area (Å²) in [5.74, 6) is -0.394. The van der Waals surface area contributed by atoms with Gasteiger partial charge in [-0.1, -0.05) is 37.4 Å². The molecule has 1 aliphatic carbocycles. The lowest BCUT2D eigenvalue weighted by Gasteiger charge is -2.36. The monoisotopic (exact) mass is 368 g/mol. The molecule has 0 bridgehead atoms. The zero-order valence-electron chi connectivity index (χ0n) is 14.6. The number of hydrogen-bond acceptors (Lipinski definition) is 2. The second kappa shape index (κ2) is 6.92. The third kappa shape index (κ3) is 3.25. The average Bonchev–Trinajstić information content (AvgIpc) is 2.79. The van der Waals surface area contributed by atoms with Crippen molar-refractivity contribution < 1.29 is 18.9 Å². The molecule has 3 atom stereocenters. The number of halogens is 2. The first-order valence-electron chi connectivity index (χ1n) is 8.73. The molecule has 1 spiro atoms. The number of carbonyl (C=O) groups is 2. The van der Waals surface area contributed by atoms with Gasteiger partial charge < -0.3 is 10.2 Å². The summed E-state index contributed by atoms with van der Waals surface area (Å²) in [5, 5.41) is 3.29. The molecule has 0 radical (unpaired) electrons. The summed E-state index contributed by atoms with van der Waals surface area (Å²) in [6.45, 7) is 2.51. The summed E-state index contributed by atoms with van der Waals surface area (Å²) in [6, 6.07) is 4.21. The number of hydrogen-bond donors (Lipinski definition) is 2. The van der Waals surface area contributed by atoms with Crippen LogP contribution in [0, 0.1) is 11.7 Å². The van der Waals surface area contributed by atoms with Gasteiger partial charge in [0.15, 0.2) is 6.67 Å². The van der Waals surface area contributed by atoms with Crippen molar-refractivity contribution in [3.63, 3.8) is 0 Å². The molecule has 1 aliphatic heterocycles. The fraction of sp³-hybridized carbons (Fsp3) is 0.556. The summed E-state index contributed by atoms with van der Waals surface area (Å²) in [7, 11) is 1.82. The molecular formula is C18H24ClFN3O2+. The van der Waals surface area contributed by atoms with E-state index in [1.54, 1.807) is 12.1 Å². The first-order valence-corrected chi connectivity index (χ1v) is 9.11. The van der Waals surface area contributed by atoms with Crippen LogP contribution in [0.2, 0.25) is 5.02 Å². The standard InChI is InChI=1S/C18H23ClFN3O2/c1-12-6-3-4-9-18(12)16(24)23(17(25)21-18)11-22(2)10-13-14(19)7-5-8-15(13)20/h5,7-8,12H,3-4,6,9-11H2,1-2H3,(H,21,25)/p+1/t12-,18+/m0/s1. The number of rotatable bonds is 4. The minimum Gasteiger partial charge on any atom is -0.323 e. The van der Waals surface area contributed by atoms with Crippen molar-refractivity contribution in [3.8, 4) is 0 Å². The van der Waals surface area contributed by atoms with Gasteiger partial charge in [-0.15, -0.1) is 0 Å². The van der Waals surface area contributed by atoms with Crippen molar-refractivity contribution in [2.75, 3.05) is 13.7 Å². The van der Waals surface area contributed by atoms with Crippen LogP contribution < -0.4 is 10.2 Å². The molecule has 1 saturated carbocycles. The van der Waals surface area contributed by atoms with E-state index in [0.29, 0.717) is 23.6 Å². The Morgan fingerprint density at radius 3 is 2.84 bits per heavy atom. The highest BCUT2D eigenvalue weighted by Gasteiger charge is 2.55. The van der Waals surface area contributed by atoms with E-state index in [1.807, 2.05) is 14.0 Å². The van der Waals surface area contributed by atoms with Crippen molar-refractivity contribution in [2.45, 2.75) is 44.7 Å². The van der Waals surface area contributed by atoms with Crippen LogP contribution >= 0.6 is 11.6 Å². The van der Waals surface area contributed by atoms with Crippen molar-refractivity contribution in [2.24, 2.45) is 5.92 Å². The highest BCUT2D eigenvalue weighted by molar-refractivity contribution is 6.31. The predicted molar refractivity (Wildman–Crippen MR) is 92.6 cm³/mol. The fourth-order valence-electron chi connectivity index (χ4n) is 3.97. The van der Waals surface area contributed by atoms with Crippen LogP contribution in [0.15, 0.2) is 18.2 Å². The smallest absolute Gasteiger partial charge is 0.323 e. The maximum atomic E-state index is 14.0. The van der Waals surface area contributed by atoms with Gasteiger partial charge >= 0.3 is 6.03 Å². The SMILES string of the molecule is C[C@H]1CCCC[C@@]12NC(=O)N(C[NH+](C)Cc1c(F)cccc1Cl)C2=O. The van der Waals surface area contributed by atoms with E-state index in [4.69, 9.17) is 11.6 Å². The van der Waals surface area contributed by atoms with E-state index in [-0.39, 0.29) is 30.3 Å². The average molecular weight is 369 g/mol. The topological polar surface area (TPSA) is 53.9 Å². The molecule has 1 saturated heterocycles. The van der Waals surface area contributed by atoms with Crippen LogP contribution in [0.25, 0.3) is 0 Å². The lowest BCUT2D eigenvalue weighted by Crippen LogP contribution is -3.09. The van der Waals surface area contributed by atoms with Crippen LogP contribution in [0.3, 0.4) is 0 Å². The number of nitrogens with one attached hydrogen (secondary N) is 2. The molecule has 1 aromatic rings. The molecule has 7 heteroatoms. The molecule has 5 nitrogen and oxygen atoms in total. The molecule has 3 rings (SSSR count). The zero-order chi connectivity index (χ0) is 18.2. The first kappa shape index (κ1) is 18.1. The number of urea groups is 1. The maximum Gasteiger partial charge on any atom is 0.329 e. The van der Waals surface area contributed by atoms with Crippen molar-refractivity contribution in [1.82, 2.24) is 10.2 Å². The van der Waals surface area contributed by atoms with Crippen LogP contribution in [-0.4, -0.2) is 36.1 Å². The third-order valence-corrected chi connectivity index (χ3v) is 5.82. The van der Waals surface area contributed by atoms with Gasteiger partial charge in [-0.05, 0) is 30.9 Å². The lowest BCUT2D eigenvalue weighted by molar-refractivity contribution is -0.901. The number of nitrogens with zero attached hydrogens (tertiary/aromatic N) is 1. The molecular weight excluding hydrogens is 345 g/mol. The Kier molecular flexibility index (Phi) is 5.02. The van der Waals surface area contributed by atoms with Gasteiger partial charge in [0.25, 0.3) is 5.91 Å². The minimum atomic E-state index is -0.759. The van der Waals surface area contributed by atoms with Crippen molar-refractivity contribution >= 4 is 23.5 Å². The maximum absolute atomic E-state index is 14.0. The van der Waals surface area contributed by atoms with E-state index in [2.05, 4.69) is 5.32 Å². The summed E-state index contributed by atoms with van der Waals surface area (Å²) >= 11 is 6.07. The number of carbonyl (C=O) groups excluding carboxylic acids is 2. The van der Waals surface area contributed by atoms with Gasteiger partial charge in [-0.2, -0.15) is 0 Å². The Hall–Kier alpha value is -1.66. The number of imide groups is 1. The zero-order valence-corrected chi connectivity index (χ0v) is 15.3. The number of amides is 3. The van der Waals surface area contributed by atoms with Gasteiger partial charge in [0.2, 0.25) is 0 Å². The molecule has 25 heavy (non-hydrogen) atoms. The molecule has 0 aromatic heterocycles. The van der Waals surface area contributed by atoms with Crippen molar-refractivity contribution in [1.29, 1.82) is 0 Å². The van der Waals surface area contributed by atoms with Gasteiger partial charge in [-0.25, -0.2) is 14.1 Å². The van der Waals surface area contributed by atoms with E-state index in [9.17, 15) is 14.0 Å². The Morgan fingerprint density at radius 1 is 1.40 bits per heavy atom. The number of quaternary nitrogens is 1. The lowest BCUT2D eigenvalue weighted by atomic mass is 9.73. The molecule has 1 aromatic carbocycles. The molecule has 2 aliphatic rings. The Bertz CT molecular complexity index is 679. The largest absolute Gasteiger partial charge is 0.329 e. The highest BCUT2D eigenvalue weighted by atomic mass is 35.5. The summed E-state index contributed by atoms with van der Waals surface area (Å²) in [4.78, 5) is 27.4. The first-order chi connectivity index (χ1) is 11.8. The molecule has 2 N–H and O–H groups in total. The molecule has 1 unspecified atom stereocenters. The second-order valence-electron chi connectivity index (χ2n) is 7.27. The molecule has 1 heterocycles. The minimum absolute atomic E-state index is 0.129. The van der Waals surface area contributed by atoms with Gasteiger partial charge in [0.1, 0.15) is 17.9 Å². The second-order valence-corrected chi connectivity index (χ2v) is 7.68. The van der Waals surface area contributed by atoms with E-state index >= 15 is 0 Å². The summed E-state index contributed by atoms with van der Waals surface area (Å²) < 4.78 is 14.0. The van der Waals surface area contributed by atoms with Gasteiger partial charge in [0, 0.05) is 0 Å². The van der Waals surface area contributed by atoms with Crippen LogP contribution in [0.1, 0.15) is 38.2 Å². The predicted octanol–water partition coefficient (Wildman–Crippen LogP) is 1.95. The fourth-order valence-corrected chi connectivity index (χ4v) is 4.20. The quantitative estimate of drug-likeness (QED) is 0.798. The third-order valence-electron chi connectivity index (χ3n) is 5.47. The van der Waals surface area contributed by atoms with Gasteiger partial charge in [0.05, 0.1) is 17.6 Å². The van der Waals surface area contributed by atoms with Crippen LogP contribution in [-0.2, 0) is 11.3 Å². The Labute approximate surface area is 152 Å². The summed E-state index contributed by atoms with van der Waals surface area (Å²) in [5.41, 5.74) is -0.361. The van der Waals surface area contributed by atoms with Crippen molar-refractivity contribution in [3.05, 3.63) is 34.6 Å².